The second-order valence-electron chi connectivity index (χ2n) is 8.51. The number of ether oxygens (including phenoxy) is 1. The number of amidine groups is 1. The van der Waals surface area contributed by atoms with Gasteiger partial charge in [-0.1, -0.05) is 49.8 Å². The summed E-state index contributed by atoms with van der Waals surface area (Å²) in [6.45, 7) is 14.0. The Balaban J connectivity index is 2.15. The van der Waals surface area contributed by atoms with Crippen LogP contribution in [0.2, 0.25) is 5.02 Å². The van der Waals surface area contributed by atoms with Gasteiger partial charge in [0.1, 0.15) is 5.84 Å². The molecular formula is C20H28ClN3OS. The predicted octanol–water partition coefficient (Wildman–Crippen LogP) is 4.41. The Labute approximate surface area is 167 Å². The van der Waals surface area contributed by atoms with Gasteiger partial charge in [-0.15, -0.1) is 0 Å². The highest BCUT2D eigenvalue weighted by Crippen LogP contribution is 2.43. The van der Waals surface area contributed by atoms with Crippen LogP contribution in [0.3, 0.4) is 0 Å². The van der Waals surface area contributed by atoms with E-state index in [0.29, 0.717) is 5.02 Å². The summed E-state index contributed by atoms with van der Waals surface area (Å²) in [6.07, 6.45) is 0. The van der Waals surface area contributed by atoms with Gasteiger partial charge in [0.05, 0.1) is 40.5 Å². The van der Waals surface area contributed by atoms with E-state index in [1.165, 1.54) is 0 Å². The van der Waals surface area contributed by atoms with Crippen LogP contribution in [0.15, 0.2) is 29.3 Å². The fourth-order valence-electron chi connectivity index (χ4n) is 3.73. The van der Waals surface area contributed by atoms with E-state index in [0.717, 1.165) is 42.8 Å². The first-order valence-corrected chi connectivity index (χ1v) is 9.92. The zero-order chi connectivity index (χ0) is 19.1. The Hall–Kier alpha value is -1.01. The van der Waals surface area contributed by atoms with E-state index in [1.807, 2.05) is 24.3 Å². The maximum atomic E-state index is 6.54. The number of halogens is 1. The fourth-order valence-corrected chi connectivity index (χ4v) is 4.25. The van der Waals surface area contributed by atoms with Gasteiger partial charge in [-0.25, -0.2) is 0 Å². The highest BCUT2D eigenvalue weighted by molar-refractivity contribution is 7.80. The summed E-state index contributed by atoms with van der Waals surface area (Å²) in [6, 6.07) is 7.96. The Kier molecular flexibility index (Phi) is 5.46. The van der Waals surface area contributed by atoms with E-state index in [4.69, 9.17) is 33.5 Å². The molecule has 1 unspecified atom stereocenters. The van der Waals surface area contributed by atoms with E-state index in [9.17, 15) is 0 Å². The number of benzene rings is 1. The summed E-state index contributed by atoms with van der Waals surface area (Å²) in [5.74, 6) is 0.988. The number of morpholine rings is 1. The molecular weight excluding hydrogens is 366 g/mol. The Bertz CT molecular complexity index is 720. The summed E-state index contributed by atoms with van der Waals surface area (Å²) in [5, 5.41) is 0.690. The van der Waals surface area contributed by atoms with Crippen LogP contribution in [0.5, 0.6) is 0 Å². The third-order valence-electron chi connectivity index (χ3n) is 4.87. The van der Waals surface area contributed by atoms with Gasteiger partial charge in [0.25, 0.3) is 0 Å². The monoisotopic (exact) mass is 393 g/mol. The molecule has 0 amide bonds. The van der Waals surface area contributed by atoms with Crippen molar-refractivity contribution in [1.29, 1.82) is 0 Å². The van der Waals surface area contributed by atoms with Crippen molar-refractivity contribution < 1.29 is 4.74 Å². The first kappa shape index (κ1) is 19.7. The van der Waals surface area contributed by atoms with Gasteiger partial charge in [0, 0.05) is 18.5 Å². The van der Waals surface area contributed by atoms with Crippen LogP contribution in [0.25, 0.3) is 0 Å². The molecule has 1 aromatic rings. The Morgan fingerprint density at radius 3 is 2.38 bits per heavy atom. The molecule has 26 heavy (non-hydrogen) atoms. The highest BCUT2D eigenvalue weighted by Gasteiger charge is 2.52. The maximum Gasteiger partial charge on any atom is 0.127 e. The number of hydrogen-bond donors (Lipinski definition) is 0. The van der Waals surface area contributed by atoms with Crippen LogP contribution in [0, 0.1) is 5.41 Å². The molecule has 2 aliphatic rings. The quantitative estimate of drug-likeness (QED) is 0.695. The van der Waals surface area contributed by atoms with Crippen LogP contribution in [-0.4, -0.2) is 53.6 Å². The zero-order valence-corrected chi connectivity index (χ0v) is 17.8. The molecule has 2 aliphatic heterocycles. The molecule has 0 bridgehead atoms. The van der Waals surface area contributed by atoms with Gasteiger partial charge in [0.15, 0.2) is 0 Å². The van der Waals surface area contributed by atoms with Crippen LogP contribution in [0.1, 0.15) is 34.6 Å². The number of aliphatic imine (C=N–C) groups is 1. The molecule has 6 heteroatoms. The average molecular weight is 394 g/mol. The van der Waals surface area contributed by atoms with E-state index >= 15 is 0 Å². The number of hydrogen-bond acceptors (Lipinski definition) is 4. The van der Waals surface area contributed by atoms with Gasteiger partial charge in [0.2, 0.25) is 0 Å². The summed E-state index contributed by atoms with van der Waals surface area (Å²) in [5.41, 5.74) is 0.469. The SMILES string of the molecule is CC(C)(C)N=C1C(N2CCOCC2)C(C)(C)C(=S)N1c1ccccc1Cl. The first-order chi connectivity index (χ1) is 12.1. The Morgan fingerprint density at radius 1 is 1.19 bits per heavy atom. The third kappa shape index (κ3) is 3.68. The number of rotatable bonds is 2. The molecule has 0 saturated carbocycles. The smallest absolute Gasteiger partial charge is 0.127 e. The van der Waals surface area contributed by atoms with E-state index < -0.39 is 0 Å². The molecule has 0 radical (unpaired) electrons. The minimum atomic E-state index is -0.226. The van der Waals surface area contributed by atoms with Crippen molar-refractivity contribution >= 4 is 40.3 Å². The van der Waals surface area contributed by atoms with E-state index in [2.05, 4.69) is 44.4 Å². The molecule has 0 N–H and O–H groups in total. The van der Waals surface area contributed by atoms with Gasteiger partial charge in [-0.3, -0.25) is 14.8 Å². The second kappa shape index (κ2) is 7.19. The minimum Gasteiger partial charge on any atom is -0.379 e. The molecule has 0 aromatic heterocycles. The Morgan fingerprint density at radius 2 is 1.81 bits per heavy atom. The zero-order valence-electron chi connectivity index (χ0n) is 16.3. The molecule has 1 atom stereocenters. The normalized spacial score (nSPS) is 25.9. The van der Waals surface area contributed by atoms with Crippen molar-refractivity contribution in [1.82, 2.24) is 4.90 Å². The summed E-state index contributed by atoms with van der Waals surface area (Å²) in [7, 11) is 0. The number of thiocarbonyl (C=S) groups is 1. The van der Waals surface area contributed by atoms with Crippen molar-refractivity contribution in [3.63, 3.8) is 0 Å². The topological polar surface area (TPSA) is 28.1 Å². The van der Waals surface area contributed by atoms with Gasteiger partial charge >= 0.3 is 0 Å². The average Bonchev–Trinajstić information content (AvgIpc) is 2.74. The summed E-state index contributed by atoms with van der Waals surface area (Å²) < 4.78 is 5.57. The third-order valence-corrected chi connectivity index (χ3v) is 5.89. The molecule has 2 fully saturated rings. The van der Waals surface area contributed by atoms with Crippen LogP contribution in [-0.2, 0) is 4.74 Å². The first-order valence-electron chi connectivity index (χ1n) is 9.13. The lowest BCUT2D eigenvalue weighted by atomic mass is 9.85. The molecule has 4 nitrogen and oxygen atoms in total. The summed E-state index contributed by atoms with van der Waals surface area (Å²) >= 11 is 12.5. The fraction of sp³-hybridized carbons (Fsp3) is 0.600. The molecule has 0 spiro atoms. The van der Waals surface area contributed by atoms with Gasteiger partial charge < -0.3 is 4.74 Å². The molecule has 142 valence electrons. The van der Waals surface area contributed by atoms with Crippen molar-refractivity contribution in [2.24, 2.45) is 10.4 Å². The van der Waals surface area contributed by atoms with Crippen molar-refractivity contribution in [3.8, 4) is 0 Å². The molecule has 2 heterocycles. The van der Waals surface area contributed by atoms with Gasteiger partial charge in [-0.2, -0.15) is 0 Å². The molecule has 1 aromatic carbocycles. The van der Waals surface area contributed by atoms with E-state index in [-0.39, 0.29) is 17.0 Å². The number of anilines is 1. The maximum absolute atomic E-state index is 6.54. The second-order valence-corrected chi connectivity index (χ2v) is 9.30. The van der Waals surface area contributed by atoms with Gasteiger partial charge in [-0.05, 0) is 32.9 Å². The minimum absolute atomic E-state index is 0.106. The number of nitrogens with zero attached hydrogens (tertiary/aromatic N) is 3. The van der Waals surface area contributed by atoms with Crippen LogP contribution >= 0.6 is 23.8 Å². The molecule has 2 saturated heterocycles. The van der Waals surface area contributed by atoms with Crippen LogP contribution < -0.4 is 4.90 Å². The van der Waals surface area contributed by atoms with Crippen molar-refractivity contribution in [2.75, 3.05) is 31.2 Å². The van der Waals surface area contributed by atoms with Crippen molar-refractivity contribution in [3.05, 3.63) is 29.3 Å². The number of para-hydroxylation sites is 1. The highest BCUT2D eigenvalue weighted by atomic mass is 35.5. The summed E-state index contributed by atoms with van der Waals surface area (Å²) in [4.78, 5) is 10.5. The standard InChI is InChI=1S/C20H28ClN3OS/c1-19(2,3)22-17-16(23-10-12-25-13-11-23)20(4,5)18(26)24(17)15-9-7-6-8-14(15)21/h6-9,16H,10-13H2,1-5H3. The predicted molar refractivity (Wildman–Crippen MR) is 114 cm³/mol. The van der Waals surface area contributed by atoms with Crippen LogP contribution in [0.4, 0.5) is 5.69 Å². The van der Waals surface area contributed by atoms with E-state index in [1.54, 1.807) is 0 Å². The molecule has 3 rings (SSSR count). The largest absolute Gasteiger partial charge is 0.379 e. The van der Waals surface area contributed by atoms with Crippen molar-refractivity contribution in [2.45, 2.75) is 46.2 Å². The lowest BCUT2D eigenvalue weighted by Gasteiger charge is -2.38. The lowest BCUT2D eigenvalue weighted by Crippen LogP contribution is -2.52. The molecule has 0 aliphatic carbocycles. The lowest BCUT2D eigenvalue weighted by molar-refractivity contribution is 0.0172.